The van der Waals surface area contributed by atoms with Crippen LogP contribution in [0.3, 0.4) is 0 Å². The van der Waals surface area contributed by atoms with Crippen LogP contribution in [0.5, 0.6) is 5.75 Å². The van der Waals surface area contributed by atoms with Gasteiger partial charge in [0.2, 0.25) is 29.5 Å². The van der Waals surface area contributed by atoms with Gasteiger partial charge in [-0.3, -0.25) is 38.6 Å². The Morgan fingerprint density at radius 3 is 1.85 bits per heavy atom. The first kappa shape index (κ1) is 42.9. The van der Waals surface area contributed by atoms with Crippen molar-refractivity contribution in [3.8, 4) is 5.75 Å². The van der Waals surface area contributed by atoms with E-state index in [-0.39, 0.29) is 50.4 Å². The lowest BCUT2D eigenvalue weighted by Gasteiger charge is -2.25. The van der Waals surface area contributed by atoms with Gasteiger partial charge in [0.15, 0.2) is 5.96 Å². The summed E-state index contributed by atoms with van der Waals surface area (Å²) in [7, 11) is 0. The smallest absolute Gasteiger partial charge is 0.322 e. The normalized spacial score (nSPS) is 13.5. The van der Waals surface area contributed by atoms with Gasteiger partial charge < -0.3 is 59.1 Å². The maximum atomic E-state index is 13.6. The number of nitrogens with zero attached hydrogens (tertiary/aromatic N) is 1. The number of carboxylic acid groups (broad SMARTS) is 2. The molecule has 5 amide bonds. The molecule has 0 aliphatic carbocycles. The molecule has 288 valence electrons. The van der Waals surface area contributed by atoms with E-state index in [1.165, 1.54) is 19.1 Å². The molecule has 0 saturated heterocycles. The number of phenolic OH excluding ortho intramolecular Hbond substituents is 1. The monoisotopic (exact) mass is 741 g/mol. The highest BCUT2D eigenvalue weighted by Gasteiger charge is 2.31. The second-order valence-corrected chi connectivity index (χ2v) is 12.1. The van der Waals surface area contributed by atoms with E-state index >= 15 is 0 Å². The maximum Gasteiger partial charge on any atom is 0.322 e. The minimum Gasteiger partial charge on any atom is -0.508 e. The predicted octanol–water partition coefficient (Wildman–Crippen LogP) is -2.42. The second-order valence-electron chi connectivity index (χ2n) is 12.1. The van der Waals surface area contributed by atoms with Crippen molar-refractivity contribution in [3.05, 3.63) is 65.7 Å². The van der Waals surface area contributed by atoms with Gasteiger partial charge in [-0.1, -0.05) is 42.5 Å². The van der Waals surface area contributed by atoms with E-state index in [0.29, 0.717) is 11.1 Å². The summed E-state index contributed by atoms with van der Waals surface area (Å²) in [4.78, 5) is 92.2. The average Bonchev–Trinajstić information content (AvgIpc) is 3.10. The lowest BCUT2D eigenvalue weighted by Crippen LogP contribution is -2.58. The lowest BCUT2D eigenvalue weighted by molar-refractivity contribution is -0.139. The molecule has 19 heteroatoms. The number of aliphatic imine (C=N–C) groups is 1. The number of phenols is 1. The van der Waals surface area contributed by atoms with Gasteiger partial charge in [0.25, 0.3) is 0 Å². The summed E-state index contributed by atoms with van der Waals surface area (Å²) in [6.45, 7) is 0.711. The molecule has 0 fully saturated rings. The Morgan fingerprint density at radius 1 is 0.679 bits per heavy atom. The van der Waals surface area contributed by atoms with E-state index in [0.717, 1.165) is 0 Å². The van der Waals surface area contributed by atoms with Gasteiger partial charge in [0.1, 0.15) is 36.5 Å². The number of hydrogen-bond acceptors (Lipinski definition) is 10. The number of benzene rings is 2. The third kappa shape index (κ3) is 16.6. The molecule has 5 atom stereocenters. The fourth-order valence-electron chi connectivity index (χ4n) is 4.86. The summed E-state index contributed by atoms with van der Waals surface area (Å²) in [5, 5.41) is 39.9. The molecule has 0 unspecified atom stereocenters. The molecule has 0 spiro atoms. The van der Waals surface area contributed by atoms with Crippen molar-refractivity contribution in [1.82, 2.24) is 26.6 Å². The van der Waals surface area contributed by atoms with Crippen LogP contribution in [0.4, 0.5) is 0 Å². The van der Waals surface area contributed by atoms with Gasteiger partial charge in [-0.15, -0.1) is 0 Å². The van der Waals surface area contributed by atoms with Crippen molar-refractivity contribution < 1.29 is 48.9 Å². The summed E-state index contributed by atoms with van der Waals surface area (Å²) in [6.07, 6.45) is -0.606. The van der Waals surface area contributed by atoms with E-state index in [1.54, 1.807) is 42.5 Å². The summed E-state index contributed by atoms with van der Waals surface area (Å²) >= 11 is 0. The van der Waals surface area contributed by atoms with Gasteiger partial charge in [-0.2, -0.15) is 0 Å². The Bertz CT molecular complexity index is 1600. The fourth-order valence-corrected chi connectivity index (χ4v) is 4.86. The van der Waals surface area contributed by atoms with Crippen molar-refractivity contribution in [2.24, 2.45) is 22.2 Å². The highest BCUT2D eigenvalue weighted by Crippen LogP contribution is 2.12. The number of carboxylic acids is 2. The highest BCUT2D eigenvalue weighted by atomic mass is 16.4. The van der Waals surface area contributed by atoms with Crippen LogP contribution in [0.25, 0.3) is 0 Å². The van der Waals surface area contributed by atoms with Gasteiger partial charge in [-0.05, 0) is 55.9 Å². The van der Waals surface area contributed by atoms with Crippen LogP contribution in [0.2, 0.25) is 0 Å². The summed E-state index contributed by atoms with van der Waals surface area (Å²) < 4.78 is 0. The van der Waals surface area contributed by atoms with Crippen LogP contribution in [0.15, 0.2) is 59.6 Å². The molecule has 53 heavy (non-hydrogen) atoms. The number of carbonyl (C=O) groups excluding carboxylic acids is 5. The number of aliphatic carboxylic acids is 2. The van der Waals surface area contributed by atoms with Crippen molar-refractivity contribution in [3.63, 3.8) is 0 Å². The zero-order valence-electron chi connectivity index (χ0n) is 29.1. The number of carbonyl (C=O) groups is 7. The number of hydrogen-bond donors (Lipinski definition) is 11. The molecule has 0 radical (unpaired) electrons. The van der Waals surface area contributed by atoms with Gasteiger partial charge in [0, 0.05) is 19.4 Å². The molecule has 19 nitrogen and oxygen atoms in total. The molecule has 0 bridgehead atoms. The van der Waals surface area contributed by atoms with Crippen molar-refractivity contribution >= 4 is 47.4 Å². The lowest BCUT2D eigenvalue weighted by atomic mass is 10.0. The topological polar surface area (TPSA) is 331 Å². The Balaban J connectivity index is 2.20. The van der Waals surface area contributed by atoms with Crippen LogP contribution in [0, 0.1) is 0 Å². The molecule has 2 aromatic carbocycles. The second kappa shape index (κ2) is 21.9. The van der Waals surface area contributed by atoms with Crippen LogP contribution < -0.4 is 43.8 Å². The summed E-state index contributed by atoms with van der Waals surface area (Å²) in [5.41, 5.74) is 18.0. The first-order chi connectivity index (χ1) is 25.0. The maximum absolute atomic E-state index is 13.6. The Kier molecular flexibility index (Phi) is 17.7. The molecular formula is C34H47N9O10. The molecule has 0 aromatic heterocycles. The molecule has 2 rings (SSSR count). The van der Waals surface area contributed by atoms with Crippen molar-refractivity contribution in [2.75, 3.05) is 13.1 Å². The van der Waals surface area contributed by atoms with Crippen LogP contribution in [-0.2, 0) is 46.4 Å². The highest BCUT2D eigenvalue weighted by molar-refractivity contribution is 5.96. The van der Waals surface area contributed by atoms with E-state index in [9.17, 15) is 43.8 Å². The molecular weight excluding hydrogens is 694 g/mol. The minimum atomic E-state index is -1.40. The van der Waals surface area contributed by atoms with E-state index in [4.69, 9.17) is 22.3 Å². The molecule has 14 N–H and O–H groups in total. The quantitative estimate of drug-likeness (QED) is 0.0341. The molecule has 0 saturated carbocycles. The minimum absolute atomic E-state index is 0.00842. The molecule has 2 aromatic rings. The number of rotatable bonds is 22. The van der Waals surface area contributed by atoms with Crippen LogP contribution in [0.1, 0.15) is 43.7 Å². The zero-order chi connectivity index (χ0) is 39.5. The van der Waals surface area contributed by atoms with Crippen molar-refractivity contribution in [2.45, 2.75) is 75.7 Å². The standard InChI is InChI=1S/C34H47N9O10/c1-19(40-32(52)25(13-14-27(45)46)41-30(50)23(35)16-21-9-11-22(44)12-10-21)29(49)43-26(17-20-6-3-2-4-7-20)33(53)42-24(8-5-15-38-34(36)37)31(51)39-18-28(47)48/h2-4,6-7,9-12,19,23-26,44H,5,8,13-18,35H2,1H3,(H,39,51)(H,40,52)(H,41,50)(H,42,53)(H,43,49)(H,45,46)(H,47,48)(H4,36,37,38)/t19-,23-,24-,25-,26-/m0/s1. The number of amides is 5. The molecule has 0 heterocycles. The summed E-state index contributed by atoms with van der Waals surface area (Å²) in [5.74, 6) is -6.80. The van der Waals surface area contributed by atoms with E-state index in [1.807, 2.05) is 0 Å². The first-order valence-electron chi connectivity index (χ1n) is 16.6. The molecule has 0 aliphatic rings. The van der Waals surface area contributed by atoms with Gasteiger partial charge in [0.05, 0.1) is 6.04 Å². The third-order valence-corrected chi connectivity index (χ3v) is 7.67. The Labute approximate surface area is 305 Å². The molecule has 0 aliphatic heterocycles. The third-order valence-electron chi connectivity index (χ3n) is 7.67. The van der Waals surface area contributed by atoms with E-state index in [2.05, 4.69) is 31.6 Å². The van der Waals surface area contributed by atoms with Crippen molar-refractivity contribution in [1.29, 1.82) is 0 Å². The number of nitrogens with two attached hydrogens (primary N) is 3. The van der Waals surface area contributed by atoms with E-state index < -0.39 is 84.6 Å². The largest absolute Gasteiger partial charge is 0.508 e. The van der Waals surface area contributed by atoms with Gasteiger partial charge in [-0.25, -0.2) is 0 Å². The van der Waals surface area contributed by atoms with Crippen LogP contribution in [-0.4, -0.2) is 106 Å². The average molecular weight is 742 g/mol. The summed E-state index contributed by atoms with van der Waals surface area (Å²) in [6, 6.07) is 8.15. The van der Waals surface area contributed by atoms with Crippen LogP contribution >= 0.6 is 0 Å². The Hall–Kier alpha value is -6.24. The predicted molar refractivity (Wildman–Crippen MR) is 191 cm³/mol. The number of aromatic hydroxyl groups is 1. The first-order valence-corrected chi connectivity index (χ1v) is 16.6. The zero-order valence-corrected chi connectivity index (χ0v) is 29.1. The SMILES string of the molecule is C[C@H](NC(=O)[C@H](CCC(=O)O)NC(=O)[C@@H](N)Cc1ccc(O)cc1)C(=O)N[C@@H](Cc1ccccc1)C(=O)N[C@@H](CCCN=C(N)N)C(=O)NCC(=O)O. The van der Waals surface area contributed by atoms with Gasteiger partial charge >= 0.3 is 11.9 Å². The number of guanidine groups is 1. The fraction of sp³-hybridized carbons (Fsp3) is 0.412. The Morgan fingerprint density at radius 2 is 1.25 bits per heavy atom. The number of nitrogens with one attached hydrogen (secondary N) is 5.